The van der Waals surface area contributed by atoms with Crippen molar-refractivity contribution in [3.8, 4) is 5.75 Å². The summed E-state index contributed by atoms with van der Waals surface area (Å²) in [4.78, 5) is 31.3. The molecule has 1 atom stereocenters. The van der Waals surface area contributed by atoms with Crippen molar-refractivity contribution in [2.75, 3.05) is 18.6 Å². The average Bonchev–Trinajstić information content (AvgIpc) is 3.10. The van der Waals surface area contributed by atoms with Gasteiger partial charge in [-0.15, -0.1) is 5.10 Å². The molecule has 8 heteroatoms. The summed E-state index contributed by atoms with van der Waals surface area (Å²) in [6.07, 6.45) is 0. The molecule has 2 aromatic heterocycles. The highest BCUT2D eigenvalue weighted by Crippen LogP contribution is 2.29. The molecule has 3 aromatic rings. The van der Waals surface area contributed by atoms with Crippen LogP contribution in [0.3, 0.4) is 0 Å². The third-order valence-corrected chi connectivity index (χ3v) is 4.75. The van der Waals surface area contributed by atoms with E-state index in [0.717, 1.165) is 5.69 Å². The summed E-state index contributed by atoms with van der Waals surface area (Å²) in [7, 11) is 1.66. The van der Waals surface area contributed by atoms with E-state index in [0.29, 0.717) is 17.1 Å². The number of likely N-dealkylation sites (N-methyl/N-ethyl adjacent to an activating group) is 1. The topological polar surface area (TPSA) is 88.8 Å². The molecule has 2 amide bonds. The van der Waals surface area contributed by atoms with E-state index in [1.165, 1.54) is 4.90 Å². The van der Waals surface area contributed by atoms with E-state index < -0.39 is 11.9 Å². The van der Waals surface area contributed by atoms with Gasteiger partial charge < -0.3 is 15.0 Å². The van der Waals surface area contributed by atoms with Crippen LogP contribution in [0.2, 0.25) is 0 Å². The van der Waals surface area contributed by atoms with Gasteiger partial charge in [0.25, 0.3) is 11.8 Å². The van der Waals surface area contributed by atoms with Gasteiger partial charge in [-0.05, 0) is 30.2 Å². The first kappa shape index (κ1) is 18.0. The van der Waals surface area contributed by atoms with Crippen molar-refractivity contribution in [1.29, 1.82) is 0 Å². The summed E-state index contributed by atoms with van der Waals surface area (Å²) in [6, 6.07) is 12.1. The van der Waals surface area contributed by atoms with Crippen LogP contribution in [-0.2, 0) is 4.79 Å². The first-order chi connectivity index (χ1) is 13.5. The van der Waals surface area contributed by atoms with E-state index in [1.54, 1.807) is 29.8 Å². The number of carbonyl (C=O) groups excluding carboxylic acids is 2. The van der Waals surface area contributed by atoms with Crippen molar-refractivity contribution < 1.29 is 14.3 Å². The number of amides is 2. The van der Waals surface area contributed by atoms with E-state index >= 15 is 0 Å². The number of anilines is 1. The first-order valence-corrected chi connectivity index (χ1v) is 9.11. The van der Waals surface area contributed by atoms with Crippen molar-refractivity contribution in [3.63, 3.8) is 0 Å². The lowest BCUT2D eigenvalue weighted by Gasteiger charge is -2.19. The first-order valence-electron chi connectivity index (χ1n) is 9.11. The third-order valence-electron chi connectivity index (χ3n) is 4.75. The second-order valence-corrected chi connectivity index (χ2v) is 7.01. The molecule has 4 rings (SSSR count). The SMILES string of the molecule is CC(C)c1cccc2nc(C(=O)N[C@H]3COc4ccccc4N(C)C3=O)nn12. The molecule has 0 unspecified atom stereocenters. The fraction of sp³-hybridized carbons (Fsp3) is 0.300. The van der Waals surface area contributed by atoms with Crippen LogP contribution in [0.5, 0.6) is 5.75 Å². The number of nitrogens with one attached hydrogen (secondary N) is 1. The summed E-state index contributed by atoms with van der Waals surface area (Å²) in [5.41, 5.74) is 2.20. The number of carbonyl (C=O) groups is 2. The molecule has 1 aromatic carbocycles. The Hall–Kier alpha value is -3.42. The standard InChI is InChI=1S/C20H21N5O3/c1-12(2)14-8-6-10-17-22-18(23-25(14)17)19(26)21-13-11-28-16-9-5-4-7-15(16)24(3)20(13)27/h4-10,12-13H,11H2,1-3H3,(H,21,26)/t13-/m0/s1. The van der Waals surface area contributed by atoms with Crippen LogP contribution >= 0.6 is 0 Å². The predicted molar refractivity (Wildman–Crippen MR) is 104 cm³/mol. The Bertz CT molecular complexity index is 1060. The number of ether oxygens (including phenoxy) is 1. The summed E-state index contributed by atoms with van der Waals surface area (Å²) in [5.74, 6) is 0.0720. The Morgan fingerprint density at radius 1 is 1.21 bits per heavy atom. The number of benzene rings is 1. The molecule has 3 heterocycles. The van der Waals surface area contributed by atoms with Crippen molar-refractivity contribution in [3.05, 3.63) is 54.0 Å². The molecule has 0 spiro atoms. The maximum atomic E-state index is 12.8. The number of para-hydroxylation sites is 2. The predicted octanol–water partition coefficient (Wildman–Crippen LogP) is 2.01. The van der Waals surface area contributed by atoms with Gasteiger partial charge in [0, 0.05) is 12.7 Å². The number of rotatable bonds is 3. The number of fused-ring (bicyclic) bond motifs is 2. The van der Waals surface area contributed by atoms with Crippen molar-refractivity contribution >= 4 is 23.1 Å². The molecule has 28 heavy (non-hydrogen) atoms. The summed E-state index contributed by atoms with van der Waals surface area (Å²) >= 11 is 0. The summed E-state index contributed by atoms with van der Waals surface area (Å²) < 4.78 is 7.38. The average molecular weight is 379 g/mol. The second-order valence-electron chi connectivity index (χ2n) is 7.01. The van der Waals surface area contributed by atoms with Crippen LogP contribution in [-0.4, -0.2) is 46.1 Å². The molecule has 1 aliphatic heterocycles. The largest absolute Gasteiger partial charge is 0.489 e. The number of pyridine rings is 1. The monoisotopic (exact) mass is 379 g/mol. The van der Waals surface area contributed by atoms with Crippen LogP contribution in [0.15, 0.2) is 42.5 Å². The number of nitrogens with zero attached hydrogens (tertiary/aromatic N) is 4. The van der Waals surface area contributed by atoms with Crippen LogP contribution in [0.4, 0.5) is 5.69 Å². The molecule has 1 aliphatic rings. The Morgan fingerprint density at radius 3 is 2.79 bits per heavy atom. The van der Waals surface area contributed by atoms with Gasteiger partial charge in [0.15, 0.2) is 5.65 Å². The van der Waals surface area contributed by atoms with Gasteiger partial charge in [-0.2, -0.15) is 0 Å². The molecule has 8 nitrogen and oxygen atoms in total. The quantitative estimate of drug-likeness (QED) is 0.752. The van der Waals surface area contributed by atoms with E-state index in [9.17, 15) is 9.59 Å². The summed E-state index contributed by atoms with van der Waals surface area (Å²) in [6.45, 7) is 4.13. The molecule has 0 saturated heterocycles. The fourth-order valence-corrected chi connectivity index (χ4v) is 3.24. The Labute approximate surface area is 162 Å². The highest BCUT2D eigenvalue weighted by atomic mass is 16.5. The van der Waals surface area contributed by atoms with Gasteiger partial charge in [-0.25, -0.2) is 9.50 Å². The number of aromatic nitrogens is 3. The molecular formula is C20H21N5O3. The van der Waals surface area contributed by atoms with Crippen LogP contribution in [0.25, 0.3) is 5.65 Å². The highest BCUT2D eigenvalue weighted by molar-refractivity contribution is 6.02. The third kappa shape index (κ3) is 3.06. The Balaban J connectivity index is 1.58. The van der Waals surface area contributed by atoms with Gasteiger partial charge in [-0.3, -0.25) is 9.59 Å². The lowest BCUT2D eigenvalue weighted by molar-refractivity contribution is -0.120. The number of hydrogen-bond acceptors (Lipinski definition) is 5. The van der Waals surface area contributed by atoms with E-state index in [-0.39, 0.29) is 24.3 Å². The molecule has 0 aliphatic carbocycles. The van der Waals surface area contributed by atoms with Crippen molar-refractivity contribution in [2.24, 2.45) is 0 Å². The maximum Gasteiger partial charge on any atom is 0.291 e. The second kappa shape index (κ2) is 6.95. The zero-order chi connectivity index (χ0) is 19.8. The van der Waals surface area contributed by atoms with Gasteiger partial charge in [0.05, 0.1) is 5.69 Å². The zero-order valence-electron chi connectivity index (χ0n) is 15.9. The van der Waals surface area contributed by atoms with Crippen LogP contribution < -0.4 is 15.0 Å². The molecule has 144 valence electrons. The molecule has 0 fully saturated rings. The maximum absolute atomic E-state index is 12.8. The van der Waals surface area contributed by atoms with Gasteiger partial charge in [0.2, 0.25) is 5.82 Å². The smallest absolute Gasteiger partial charge is 0.291 e. The Kier molecular flexibility index (Phi) is 4.46. The van der Waals surface area contributed by atoms with Gasteiger partial charge in [0.1, 0.15) is 18.4 Å². The molecule has 1 N–H and O–H groups in total. The minimum absolute atomic E-state index is 0.0188. The van der Waals surface area contributed by atoms with E-state index in [1.807, 2.05) is 38.1 Å². The number of hydrogen-bond donors (Lipinski definition) is 1. The van der Waals surface area contributed by atoms with Crippen molar-refractivity contribution in [2.45, 2.75) is 25.8 Å². The zero-order valence-corrected chi connectivity index (χ0v) is 15.9. The van der Waals surface area contributed by atoms with Gasteiger partial charge >= 0.3 is 0 Å². The van der Waals surface area contributed by atoms with E-state index in [2.05, 4.69) is 15.4 Å². The van der Waals surface area contributed by atoms with E-state index in [4.69, 9.17) is 4.74 Å². The van der Waals surface area contributed by atoms with Crippen LogP contribution in [0.1, 0.15) is 36.1 Å². The minimum Gasteiger partial charge on any atom is -0.489 e. The lowest BCUT2D eigenvalue weighted by atomic mass is 10.1. The molecule has 0 bridgehead atoms. The normalized spacial score (nSPS) is 16.6. The molecule has 0 radical (unpaired) electrons. The van der Waals surface area contributed by atoms with Crippen molar-refractivity contribution in [1.82, 2.24) is 19.9 Å². The summed E-state index contributed by atoms with van der Waals surface area (Å²) in [5, 5.41) is 7.04. The molecule has 0 saturated carbocycles. The molecular weight excluding hydrogens is 358 g/mol. The lowest BCUT2D eigenvalue weighted by Crippen LogP contribution is -2.49. The van der Waals surface area contributed by atoms with Gasteiger partial charge in [-0.1, -0.05) is 32.0 Å². The minimum atomic E-state index is -0.832. The van der Waals surface area contributed by atoms with Crippen LogP contribution in [0, 0.1) is 0 Å². The highest BCUT2D eigenvalue weighted by Gasteiger charge is 2.31. The fourth-order valence-electron chi connectivity index (χ4n) is 3.24. The Morgan fingerprint density at radius 2 is 2.00 bits per heavy atom.